The summed E-state index contributed by atoms with van der Waals surface area (Å²) in [6, 6.07) is 10.6. The van der Waals surface area contributed by atoms with Crippen molar-refractivity contribution >= 4 is 17.0 Å². The number of hydrogen-bond acceptors (Lipinski definition) is 4. The van der Waals surface area contributed by atoms with Gasteiger partial charge < -0.3 is 5.32 Å². The second kappa shape index (κ2) is 5.69. The van der Waals surface area contributed by atoms with Gasteiger partial charge in [0.05, 0.1) is 6.04 Å². The highest BCUT2D eigenvalue weighted by molar-refractivity contribution is 7.10. The van der Waals surface area contributed by atoms with Crippen molar-refractivity contribution in [2.24, 2.45) is 0 Å². The maximum absolute atomic E-state index is 4.43. The van der Waals surface area contributed by atoms with Crippen LogP contribution in [0.25, 0.3) is 11.4 Å². The summed E-state index contributed by atoms with van der Waals surface area (Å²) in [4.78, 5) is 5.78. The van der Waals surface area contributed by atoms with Crippen LogP contribution in [0.4, 0.5) is 5.69 Å². The van der Waals surface area contributed by atoms with Gasteiger partial charge in [0.1, 0.15) is 5.82 Å². The zero-order chi connectivity index (χ0) is 14.8. The highest BCUT2D eigenvalue weighted by Crippen LogP contribution is 2.31. The molecule has 0 spiro atoms. The zero-order valence-electron chi connectivity index (χ0n) is 12.3. The summed E-state index contributed by atoms with van der Waals surface area (Å²) in [6.07, 6.45) is 0. The molecule has 1 aromatic carbocycles. The molecule has 1 atom stereocenters. The summed E-state index contributed by atoms with van der Waals surface area (Å²) >= 11 is 1.78. The fourth-order valence-corrected chi connectivity index (χ4v) is 3.33. The first-order chi connectivity index (χ1) is 10.1. The Kier molecular flexibility index (Phi) is 3.75. The van der Waals surface area contributed by atoms with Gasteiger partial charge >= 0.3 is 0 Å². The first-order valence-electron chi connectivity index (χ1n) is 6.94. The lowest BCUT2D eigenvalue weighted by atomic mass is 10.1. The van der Waals surface area contributed by atoms with E-state index in [9.17, 15) is 0 Å². The van der Waals surface area contributed by atoms with Crippen molar-refractivity contribution in [1.29, 1.82) is 0 Å². The third kappa shape index (κ3) is 2.83. The second-order valence-electron chi connectivity index (χ2n) is 5.12. The maximum atomic E-state index is 4.43. The predicted octanol–water partition coefficient (Wildman–Crippen LogP) is 4.32. The molecule has 2 heterocycles. The number of thiophene rings is 1. The molecule has 4 nitrogen and oxygen atoms in total. The summed E-state index contributed by atoms with van der Waals surface area (Å²) in [7, 11) is 0. The van der Waals surface area contributed by atoms with E-state index in [1.807, 2.05) is 25.1 Å². The van der Waals surface area contributed by atoms with Crippen molar-refractivity contribution in [3.63, 3.8) is 0 Å². The number of H-pyrrole nitrogens is 1. The Hall–Kier alpha value is -2.14. The second-order valence-corrected chi connectivity index (χ2v) is 6.07. The molecule has 0 aliphatic carbocycles. The van der Waals surface area contributed by atoms with Crippen LogP contribution in [0.15, 0.2) is 35.7 Å². The van der Waals surface area contributed by atoms with Crippen LogP contribution in [0.3, 0.4) is 0 Å². The van der Waals surface area contributed by atoms with E-state index in [-0.39, 0.29) is 6.04 Å². The van der Waals surface area contributed by atoms with E-state index < -0.39 is 0 Å². The van der Waals surface area contributed by atoms with E-state index >= 15 is 0 Å². The van der Waals surface area contributed by atoms with Crippen molar-refractivity contribution in [2.45, 2.75) is 26.8 Å². The topological polar surface area (TPSA) is 53.6 Å². The van der Waals surface area contributed by atoms with Gasteiger partial charge in [-0.3, -0.25) is 5.10 Å². The van der Waals surface area contributed by atoms with Crippen LogP contribution in [-0.2, 0) is 0 Å². The number of hydrogen-bond donors (Lipinski definition) is 2. The van der Waals surface area contributed by atoms with Crippen molar-refractivity contribution in [3.8, 4) is 11.4 Å². The van der Waals surface area contributed by atoms with Crippen LogP contribution in [0, 0.1) is 13.8 Å². The number of rotatable bonds is 4. The molecule has 1 unspecified atom stereocenters. The quantitative estimate of drug-likeness (QED) is 0.754. The third-order valence-electron chi connectivity index (χ3n) is 3.43. The van der Waals surface area contributed by atoms with Crippen molar-refractivity contribution < 1.29 is 0 Å². The lowest BCUT2D eigenvalue weighted by Crippen LogP contribution is -2.07. The average Bonchev–Trinajstić information content (AvgIpc) is 3.08. The minimum atomic E-state index is 0.256. The van der Waals surface area contributed by atoms with Gasteiger partial charge in [0.25, 0.3) is 0 Å². The largest absolute Gasteiger partial charge is 0.377 e. The van der Waals surface area contributed by atoms with E-state index in [1.54, 1.807) is 11.3 Å². The van der Waals surface area contributed by atoms with Gasteiger partial charge in [-0.15, -0.1) is 11.3 Å². The van der Waals surface area contributed by atoms with Gasteiger partial charge in [-0.25, -0.2) is 4.98 Å². The Morgan fingerprint density at radius 1 is 1.19 bits per heavy atom. The van der Waals surface area contributed by atoms with Crippen molar-refractivity contribution in [3.05, 3.63) is 52.0 Å². The first-order valence-corrected chi connectivity index (χ1v) is 7.82. The van der Waals surface area contributed by atoms with E-state index in [2.05, 4.69) is 51.9 Å². The molecule has 0 fully saturated rings. The highest BCUT2D eigenvalue weighted by atomic mass is 32.1. The highest BCUT2D eigenvalue weighted by Gasteiger charge is 2.14. The van der Waals surface area contributed by atoms with Crippen LogP contribution in [0.2, 0.25) is 0 Å². The van der Waals surface area contributed by atoms with Crippen LogP contribution < -0.4 is 5.32 Å². The molecule has 2 N–H and O–H groups in total. The van der Waals surface area contributed by atoms with E-state index in [0.29, 0.717) is 0 Å². The van der Waals surface area contributed by atoms with Crippen molar-refractivity contribution in [1.82, 2.24) is 15.2 Å². The van der Waals surface area contributed by atoms with E-state index in [0.717, 1.165) is 22.9 Å². The molecule has 0 aliphatic heterocycles. The van der Waals surface area contributed by atoms with Crippen LogP contribution in [-0.4, -0.2) is 15.2 Å². The molecule has 0 saturated carbocycles. The smallest absolute Gasteiger partial charge is 0.183 e. The molecule has 21 heavy (non-hydrogen) atoms. The Balaban J connectivity index is 1.91. The number of nitrogens with zero attached hydrogens (tertiary/aromatic N) is 2. The van der Waals surface area contributed by atoms with Crippen molar-refractivity contribution in [2.75, 3.05) is 5.32 Å². The molecule has 0 bridgehead atoms. The van der Waals surface area contributed by atoms with Gasteiger partial charge in [-0.1, -0.05) is 12.1 Å². The lowest BCUT2D eigenvalue weighted by molar-refractivity contribution is 0.899. The number of aryl methyl sites for hydroxylation is 2. The number of aromatic amines is 1. The van der Waals surface area contributed by atoms with Gasteiger partial charge in [0.15, 0.2) is 5.82 Å². The molecular weight excluding hydrogens is 280 g/mol. The Morgan fingerprint density at radius 3 is 2.67 bits per heavy atom. The number of aromatic nitrogens is 3. The van der Waals surface area contributed by atoms with Gasteiger partial charge in [-0.05, 0) is 49.9 Å². The number of benzene rings is 1. The SMILES string of the molecule is Cc1nc(-c2ccccc2NC(C)c2sccc2C)n[nH]1. The molecule has 0 aliphatic rings. The predicted molar refractivity (Wildman–Crippen MR) is 87.6 cm³/mol. The van der Waals surface area contributed by atoms with Gasteiger partial charge in [0.2, 0.25) is 0 Å². The Labute approximate surface area is 128 Å². The molecular formula is C16H18N4S. The number of para-hydroxylation sites is 1. The molecule has 3 aromatic rings. The van der Waals surface area contributed by atoms with Crippen LogP contribution in [0.5, 0.6) is 0 Å². The monoisotopic (exact) mass is 298 g/mol. The fourth-order valence-electron chi connectivity index (χ4n) is 2.39. The number of anilines is 1. The fraction of sp³-hybridized carbons (Fsp3) is 0.250. The van der Waals surface area contributed by atoms with Gasteiger partial charge in [-0.2, -0.15) is 5.10 Å². The summed E-state index contributed by atoms with van der Waals surface area (Å²) in [5.74, 6) is 1.55. The maximum Gasteiger partial charge on any atom is 0.183 e. The minimum Gasteiger partial charge on any atom is -0.377 e. The van der Waals surface area contributed by atoms with E-state index in [1.165, 1.54) is 10.4 Å². The molecule has 0 radical (unpaired) electrons. The summed E-state index contributed by atoms with van der Waals surface area (Å²) < 4.78 is 0. The Morgan fingerprint density at radius 2 is 2.00 bits per heavy atom. The molecule has 0 amide bonds. The van der Waals surface area contributed by atoms with Crippen LogP contribution in [0.1, 0.15) is 29.2 Å². The molecule has 3 rings (SSSR count). The molecule has 2 aromatic heterocycles. The van der Waals surface area contributed by atoms with Gasteiger partial charge in [0, 0.05) is 16.1 Å². The summed E-state index contributed by atoms with van der Waals surface area (Å²) in [5.41, 5.74) is 3.39. The third-order valence-corrected chi connectivity index (χ3v) is 4.63. The first kappa shape index (κ1) is 13.8. The van der Waals surface area contributed by atoms with E-state index in [4.69, 9.17) is 0 Å². The molecule has 5 heteroatoms. The van der Waals surface area contributed by atoms with Crippen LogP contribution >= 0.6 is 11.3 Å². The molecule has 0 saturated heterocycles. The minimum absolute atomic E-state index is 0.256. The lowest BCUT2D eigenvalue weighted by Gasteiger charge is -2.17. The average molecular weight is 298 g/mol. The normalized spacial score (nSPS) is 12.3. The zero-order valence-corrected chi connectivity index (χ0v) is 13.2. The Bertz CT molecular complexity index is 744. The standard InChI is InChI=1S/C16H18N4S/c1-10-8-9-21-15(10)11(2)17-14-7-5-4-6-13(14)16-18-12(3)19-20-16/h4-9,11,17H,1-3H3,(H,18,19,20). The summed E-state index contributed by atoms with van der Waals surface area (Å²) in [6.45, 7) is 6.23. The summed E-state index contributed by atoms with van der Waals surface area (Å²) in [5, 5.41) is 12.9. The molecule has 108 valence electrons. The number of nitrogens with one attached hydrogen (secondary N) is 2.